The van der Waals surface area contributed by atoms with E-state index in [1.54, 1.807) is 0 Å². The van der Waals surface area contributed by atoms with Gasteiger partial charge in [0, 0.05) is 22.2 Å². The van der Waals surface area contributed by atoms with Gasteiger partial charge in [-0.25, -0.2) is 0 Å². The number of thiophene rings is 1. The van der Waals surface area contributed by atoms with Gasteiger partial charge in [-0.3, -0.25) is 0 Å². The quantitative estimate of drug-likeness (QED) is 0.848. The number of likely N-dealkylation sites (N-methyl/N-ethyl adjacent to an activating group) is 1. The van der Waals surface area contributed by atoms with Crippen LogP contribution in [0.25, 0.3) is 0 Å². The van der Waals surface area contributed by atoms with E-state index in [4.69, 9.17) is 0 Å². The molecule has 0 amide bonds. The van der Waals surface area contributed by atoms with Crippen LogP contribution in [0.5, 0.6) is 0 Å². The van der Waals surface area contributed by atoms with Crippen LogP contribution in [0.2, 0.25) is 0 Å². The van der Waals surface area contributed by atoms with E-state index < -0.39 is 0 Å². The van der Waals surface area contributed by atoms with Crippen molar-refractivity contribution in [2.24, 2.45) is 0 Å². The standard InChI is InChI=1S/C15H19NS/c1-12-8-9-15(17-12)10-14(11-16-2)13-6-4-3-5-7-13/h3-9,14,16H,10-11H2,1-2H3. The first-order valence-electron chi connectivity index (χ1n) is 6.04. The molecule has 1 heterocycles. The van der Waals surface area contributed by atoms with Crippen molar-refractivity contribution in [1.29, 1.82) is 0 Å². The molecule has 0 aliphatic heterocycles. The van der Waals surface area contributed by atoms with Crippen molar-refractivity contribution in [3.63, 3.8) is 0 Å². The van der Waals surface area contributed by atoms with Crippen molar-refractivity contribution in [2.75, 3.05) is 13.6 Å². The predicted octanol–water partition coefficient (Wildman–Crippen LogP) is 3.60. The first kappa shape index (κ1) is 12.3. The van der Waals surface area contributed by atoms with Gasteiger partial charge in [0.1, 0.15) is 0 Å². The molecule has 1 aromatic carbocycles. The number of rotatable bonds is 5. The summed E-state index contributed by atoms with van der Waals surface area (Å²) >= 11 is 1.91. The van der Waals surface area contributed by atoms with E-state index in [-0.39, 0.29) is 0 Å². The molecule has 1 aromatic heterocycles. The largest absolute Gasteiger partial charge is 0.319 e. The molecule has 90 valence electrons. The molecule has 2 heteroatoms. The van der Waals surface area contributed by atoms with Gasteiger partial charge in [-0.1, -0.05) is 30.3 Å². The van der Waals surface area contributed by atoms with Crippen molar-refractivity contribution < 1.29 is 0 Å². The Morgan fingerprint density at radius 3 is 2.47 bits per heavy atom. The lowest BCUT2D eigenvalue weighted by Crippen LogP contribution is -2.18. The van der Waals surface area contributed by atoms with Crippen LogP contribution in [0.15, 0.2) is 42.5 Å². The number of hydrogen-bond donors (Lipinski definition) is 1. The summed E-state index contributed by atoms with van der Waals surface area (Å²) in [6.07, 6.45) is 1.13. The van der Waals surface area contributed by atoms with Crippen LogP contribution in [0.3, 0.4) is 0 Å². The fourth-order valence-corrected chi connectivity index (χ4v) is 3.09. The second-order valence-corrected chi connectivity index (χ2v) is 5.75. The third-order valence-electron chi connectivity index (χ3n) is 2.97. The highest BCUT2D eigenvalue weighted by Crippen LogP contribution is 2.24. The number of nitrogens with one attached hydrogen (secondary N) is 1. The van der Waals surface area contributed by atoms with Gasteiger partial charge in [-0.2, -0.15) is 0 Å². The minimum absolute atomic E-state index is 0.569. The van der Waals surface area contributed by atoms with Crippen molar-refractivity contribution in [2.45, 2.75) is 19.3 Å². The molecule has 0 fully saturated rings. The van der Waals surface area contributed by atoms with E-state index in [0.29, 0.717) is 5.92 Å². The molecule has 17 heavy (non-hydrogen) atoms. The highest BCUT2D eigenvalue weighted by atomic mass is 32.1. The van der Waals surface area contributed by atoms with Crippen molar-refractivity contribution >= 4 is 11.3 Å². The third-order valence-corrected chi connectivity index (χ3v) is 3.99. The fourth-order valence-electron chi connectivity index (χ4n) is 2.12. The van der Waals surface area contributed by atoms with Crippen LogP contribution in [0, 0.1) is 6.92 Å². The Morgan fingerprint density at radius 2 is 1.88 bits per heavy atom. The maximum absolute atomic E-state index is 3.30. The van der Waals surface area contributed by atoms with Crippen LogP contribution in [-0.4, -0.2) is 13.6 Å². The highest BCUT2D eigenvalue weighted by Gasteiger charge is 2.12. The molecular weight excluding hydrogens is 226 g/mol. The van der Waals surface area contributed by atoms with Crippen LogP contribution in [0.4, 0.5) is 0 Å². The molecule has 0 radical (unpaired) electrons. The lowest BCUT2D eigenvalue weighted by Gasteiger charge is -2.16. The Hall–Kier alpha value is -1.12. The Bertz CT molecular complexity index is 447. The van der Waals surface area contributed by atoms with Crippen LogP contribution >= 0.6 is 11.3 Å². The van der Waals surface area contributed by atoms with Gasteiger partial charge < -0.3 is 5.32 Å². The summed E-state index contributed by atoms with van der Waals surface area (Å²) in [4.78, 5) is 2.88. The lowest BCUT2D eigenvalue weighted by molar-refractivity contribution is 0.630. The first-order valence-corrected chi connectivity index (χ1v) is 6.86. The molecule has 0 aliphatic rings. The molecule has 1 N–H and O–H groups in total. The van der Waals surface area contributed by atoms with Crippen LogP contribution < -0.4 is 5.32 Å². The van der Waals surface area contributed by atoms with Crippen LogP contribution in [0.1, 0.15) is 21.2 Å². The number of aryl methyl sites for hydroxylation is 1. The summed E-state index contributed by atoms with van der Waals surface area (Å²) in [6.45, 7) is 3.20. The van der Waals surface area contributed by atoms with E-state index in [0.717, 1.165) is 13.0 Å². The average molecular weight is 245 g/mol. The summed E-state index contributed by atoms with van der Waals surface area (Å²) in [5.41, 5.74) is 1.42. The van der Waals surface area contributed by atoms with E-state index in [9.17, 15) is 0 Å². The average Bonchev–Trinajstić information content (AvgIpc) is 2.75. The minimum Gasteiger partial charge on any atom is -0.319 e. The molecule has 2 rings (SSSR count). The minimum atomic E-state index is 0.569. The fraction of sp³-hybridized carbons (Fsp3) is 0.333. The topological polar surface area (TPSA) is 12.0 Å². The summed E-state index contributed by atoms with van der Waals surface area (Å²) in [7, 11) is 2.02. The second-order valence-electron chi connectivity index (χ2n) is 4.38. The van der Waals surface area contributed by atoms with Gasteiger partial charge in [0.15, 0.2) is 0 Å². The van der Waals surface area contributed by atoms with Gasteiger partial charge in [-0.15, -0.1) is 11.3 Å². The molecule has 1 atom stereocenters. The summed E-state index contributed by atoms with van der Waals surface area (Å²) in [6, 6.07) is 15.2. The number of benzene rings is 1. The first-order chi connectivity index (χ1) is 8.29. The predicted molar refractivity (Wildman–Crippen MR) is 75.9 cm³/mol. The van der Waals surface area contributed by atoms with Crippen molar-refractivity contribution in [3.05, 3.63) is 57.8 Å². The van der Waals surface area contributed by atoms with Gasteiger partial charge in [0.25, 0.3) is 0 Å². The third kappa shape index (κ3) is 3.42. The molecule has 0 saturated carbocycles. The second kappa shape index (κ2) is 5.99. The van der Waals surface area contributed by atoms with Crippen molar-refractivity contribution in [1.82, 2.24) is 5.32 Å². The zero-order valence-corrected chi connectivity index (χ0v) is 11.3. The van der Waals surface area contributed by atoms with E-state index in [2.05, 4.69) is 54.7 Å². The molecule has 0 aliphatic carbocycles. The zero-order chi connectivity index (χ0) is 12.1. The van der Waals surface area contributed by atoms with E-state index >= 15 is 0 Å². The van der Waals surface area contributed by atoms with Crippen LogP contribution in [-0.2, 0) is 6.42 Å². The Morgan fingerprint density at radius 1 is 1.12 bits per heavy atom. The monoisotopic (exact) mass is 245 g/mol. The molecule has 1 unspecified atom stereocenters. The number of hydrogen-bond acceptors (Lipinski definition) is 2. The maximum Gasteiger partial charge on any atom is 0.00546 e. The lowest BCUT2D eigenvalue weighted by atomic mass is 9.95. The molecule has 0 bridgehead atoms. The molecule has 0 spiro atoms. The normalized spacial score (nSPS) is 12.6. The van der Waals surface area contributed by atoms with E-state index in [1.807, 2.05) is 18.4 Å². The van der Waals surface area contributed by atoms with Gasteiger partial charge in [0.2, 0.25) is 0 Å². The maximum atomic E-state index is 3.30. The highest BCUT2D eigenvalue weighted by molar-refractivity contribution is 7.11. The Kier molecular flexibility index (Phi) is 4.35. The zero-order valence-electron chi connectivity index (χ0n) is 10.4. The summed E-state index contributed by atoms with van der Waals surface area (Å²) in [5.74, 6) is 0.569. The summed E-state index contributed by atoms with van der Waals surface area (Å²) in [5, 5.41) is 3.30. The Labute approximate surface area is 108 Å². The molecule has 1 nitrogen and oxygen atoms in total. The Balaban J connectivity index is 2.13. The molecule has 0 saturated heterocycles. The summed E-state index contributed by atoms with van der Waals surface area (Å²) < 4.78 is 0. The SMILES string of the molecule is CNCC(Cc1ccc(C)s1)c1ccccc1. The van der Waals surface area contributed by atoms with E-state index in [1.165, 1.54) is 15.3 Å². The smallest absolute Gasteiger partial charge is 0.00546 e. The molecular formula is C15H19NS. The van der Waals surface area contributed by atoms with Gasteiger partial charge >= 0.3 is 0 Å². The van der Waals surface area contributed by atoms with Crippen molar-refractivity contribution in [3.8, 4) is 0 Å². The van der Waals surface area contributed by atoms with Gasteiger partial charge in [0.05, 0.1) is 0 Å². The molecule has 2 aromatic rings. The van der Waals surface area contributed by atoms with Gasteiger partial charge in [-0.05, 0) is 38.1 Å².